The van der Waals surface area contributed by atoms with E-state index < -0.39 is 0 Å². The molecule has 2 rings (SSSR count). The standard InChI is InChI=1S/C15H18N2S2/c1-18-14-8-10(3-5-12(14)16)7-11-4-6-13(17)15(9-11)19-2/h3-6,8-9H,7,16-17H2,1-2H3. The van der Waals surface area contributed by atoms with Crippen molar-refractivity contribution in [2.24, 2.45) is 0 Å². The van der Waals surface area contributed by atoms with Gasteiger partial charge >= 0.3 is 0 Å². The zero-order valence-electron chi connectivity index (χ0n) is 11.1. The van der Waals surface area contributed by atoms with Crippen LogP contribution in [0.3, 0.4) is 0 Å². The largest absolute Gasteiger partial charge is 0.398 e. The Hall–Kier alpha value is -1.26. The summed E-state index contributed by atoms with van der Waals surface area (Å²) in [6, 6.07) is 12.5. The highest BCUT2D eigenvalue weighted by atomic mass is 32.2. The molecule has 0 saturated heterocycles. The van der Waals surface area contributed by atoms with Gasteiger partial charge in [0.2, 0.25) is 0 Å². The molecular weight excluding hydrogens is 272 g/mol. The normalized spacial score (nSPS) is 10.6. The third kappa shape index (κ3) is 3.39. The third-order valence-electron chi connectivity index (χ3n) is 3.00. The van der Waals surface area contributed by atoms with E-state index in [-0.39, 0.29) is 0 Å². The minimum atomic E-state index is 0.846. The summed E-state index contributed by atoms with van der Waals surface area (Å²) in [5.74, 6) is 0. The Morgan fingerprint density at radius 1 is 0.789 bits per heavy atom. The van der Waals surface area contributed by atoms with Crippen LogP contribution in [0.15, 0.2) is 46.2 Å². The molecule has 2 aromatic carbocycles. The van der Waals surface area contributed by atoms with E-state index in [1.165, 1.54) is 11.1 Å². The van der Waals surface area contributed by atoms with Crippen molar-refractivity contribution in [1.29, 1.82) is 0 Å². The zero-order chi connectivity index (χ0) is 13.8. The SMILES string of the molecule is CSc1cc(Cc2ccc(N)c(SC)c2)ccc1N. The molecule has 0 bridgehead atoms. The van der Waals surface area contributed by atoms with Crippen LogP contribution in [0.25, 0.3) is 0 Å². The van der Waals surface area contributed by atoms with Gasteiger partial charge in [0, 0.05) is 21.2 Å². The Morgan fingerprint density at radius 3 is 1.58 bits per heavy atom. The van der Waals surface area contributed by atoms with E-state index in [0.717, 1.165) is 27.6 Å². The number of rotatable bonds is 4. The molecule has 0 amide bonds. The van der Waals surface area contributed by atoms with Crippen LogP contribution in [0, 0.1) is 0 Å². The summed E-state index contributed by atoms with van der Waals surface area (Å²) in [5, 5.41) is 0. The van der Waals surface area contributed by atoms with Gasteiger partial charge in [-0.15, -0.1) is 23.5 Å². The first kappa shape index (κ1) is 14.2. The van der Waals surface area contributed by atoms with Gasteiger partial charge in [0.1, 0.15) is 0 Å². The van der Waals surface area contributed by atoms with Gasteiger partial charge in [0.25, 0.3) is 0 Å². The molecular formula is C15H18N2S2. The van der Waals surface area contributed by atoms with Crippen LogP contribution in [0.4, 0.5) is 11.4 Å². The van der Waals surface area contributed by atoms with Crippen LogP contribution < -0.4 is 11.5 Å². The Labute approximate surface area is 123 Å². The van der Waals surface area contributed by atoms with Crippen molar-refractivity contribution in [3.05, 3.63) is 47.5 Å². The Morgan fingerprint density at radius 2 is 1.21 bits per heavy atom. The van der Waals surface area contributed by atoms with E-state index in [1.54, 1.807) is 23.5 Å². The van der Waals surface area contributed by atoms with Crippen molar-refractivity contribution < 1.29 is 0 Å². The van der Waals surface area contributed by atoms with Gasteiger partial charge in [-0.2, -0.15) is 0 Å². The second-order valence-electron chi connectivity index (χ2n) is 4.33. The molecule has 0 spiro atoms. The summed E-state index contributed by atoms with van der Waals surface area (Å²) in [5.41, 5.74) is 16.1. The second kappa shape index (κ2) is 6.26. The molecule has 0 aliphatic carbocycles. The van der Waals surface area contributed by atoms with Gasteiger partial charge < -0.3 is 11.5 Å². The third-order valence-corrected chi connectivity index (χ3v) is 4.59. The first-order chi connectivity index (χ1) is 9.13. The van der Waals surface area contributed by atoms with E-state index in [0.29, 0.717) is 0 Å². The lowest BCUT2D eigenvalue weighted by atomic mass is 10.0. The second-order valence-corrected chi connectivity index (χ2v) is 6.03. The molecule has 0 fully saturated rings. The van der Waals surface area contributed by atoms with E-state index in [1.807, 2.05) is 24.6 Å². The molecule has 0 heterocycles. The monoisotopic (exact) mass is 290 g/mol. The maximum Gasteiger partial charge on any atom is 0.0452 e. The molecule has 0 unspecified atom stereocenters. The molecule has 0 atom stereocenters. The maximum absolute atomic E-state index is 5.92. The lowest BCUT2D eigenvalue weighted by Crippen LogP contribution is -1.94. The predicted molar refractivity (Wildman–Crippen MR) is 88.1 cm³/mol. The van der Waals surface area contributed by atoms with Crippen molar-refractivity contribution in [2.45, 2.75) is 16.2 Å². The predicted octanol–water partition coefficient (Wildman–Crippen LogP) is 3.89. The number of hydrogen-bond donors (Lipinski definition) is 2. The molecule has 2 nitrogen and oxygen atoms in total. The smallest absolute Gasteiger partial charge is 0.0452 e. The topological polar surface area (TPSA) is 52.0 Å². The number of anilines is 2. The van der Waals surface area contributed by atoms with Crippen LogP contribution in [0.5, 0.6) is 0 Å². The average Bonchev–Trinajstić information content (AvgIpc) is 2.43. The molecule has 0 radical (unpaired) electrons. The summed E-state index contributed by atoms with van der Waals surface area (Å²) in [7, 11) is 0. The van der Waals surface area contributed by atoms with E-state index in [2.05, 4.69) is 24.3 Å². The van der Waals surface area contributed by atoms with Crippen LogP contribution in [0.1, 0.15) is 11.1 Å². The summed E-state index contributed by atoms with van der Waals surface area (Å²) >= 11 is 3.36. The first-order valence-electron chi connectivity index (χ1n) is 5.99. The summed E-state index contributed by atoms with van der Waals surface area (Å²) < 4.78 is 0. The minimum Gasteiger partial charge on any atom is -0.398 e. The molecule has 0 aliphatic heterocycles. The van der Waals surface area contributed by atoms with Crippen LogP contribution in [0.2, 0.25) is 0 Å². The van der Waals surface area contributed by atoms with Crippen LogP contribution in [-0.4, -0.2) is 12.5 Å². The fourth-order valence-corrected chi connectivity index (χ4v) is 3.11. The lowest BCUT2D eigenvalue weighted by Gasteiger charge is -2.09. The summed E-state index contributed by atoms with van der Waals surface area (Å²) in [6.07, 6.45) is 5.00. The maximum atomic E-state index is 5.92. The molecule has 19 heavy (non-hydrogen) atoms. The van der Waals surface area contributed by atoms with Gasteiger partial charge in [-0.3, -0.25) is 0 Å². The quantitative estimate of drug-likeness (QED) is 0.662. The number of benzene rings is 2. The molecule has 2 aromatic rings. The van der Waals surface area contributed by atoms with Gasteiger partial charge in [-0.05, 0) is 54.3 Å². The van der Waals surface area contributed by atoms with Crippen LogP contribution in [-0.2, 0) is 6.42 Å². The van der Waals surface area contributed by atoms with Crippen molar-refractivity contribution in [3.8, 4) is 0 Å². The fraction of sp³-hybridized carbons (Fsp3) is 0.200. The molecule has 100 valence electrons. The highest BCUT2D eigenvalue weighted by Gasteiger charge is 2.04. The van der Waals surface area contributed by atoms with Crippen molar-refractivity contribution in [3.63, 3.8) is 0 Å². The molecule has 4 N–H and O–H groups in total. The van der Waals surface area contributed by atoms with E-state index in [9.17, 15) is 0 Å². The van der Waals surface area contributed by atoms with Gasteiger partial charge in [0.05, 0.1) is 0 Å². The minimum absolute atomic E-state index is 0.846. The average molecular weight is 290 g/mol. The molecule has 0 aromatic heterocycles. The molecule has 0 saturated carbocycles. The highest BCUT2D eigenvalue weighted by molar-refractivity contribution is 7.99. The Balaban J connectivity index is 2.25. The zero-order valence-corrected chi connectivity index (χ0v) is 12.8. The fourth-order valence-electron chi connectivity index (χ4n) is 1.97. The number of hydrogen-bond acceptors (Lipinski definition) is 4. The lowest BCUT2D eigenvalue weighted by molar-refractivity contribution is 1.16. The summed E-state index contributed by atoms with van der Waals surface area (Å²) in [6.45, 7) is 0. The van der Waals surface area contributed by atoms with Crippen molar-refractivity contribution in [2.75, 3.05) is 24.0 Å². The van der Waals surface area contributed by atoms with Crippen molar-refractivity contribution in [1.82, 2.24) is 0 Å². The Bertz CT molecular complexity index is 531. The highest BCUT2D eigenvalue weighted by Crippen LogP contribution is 2.27. The van der Waals surface area contributed by atoms with E-state index >= 15 is 0 Å². The van der Waals surface area contributed by atoms with Crippen molar-refractivity contribution >= 4 is 34.9 Å². The van der Waals surface area contributed by atoms with Gasteiger partial charge in [0.15, 0.2) is 0 Å². The number of nitrogen functional groups attached to an aromatic ring is 2. The summed E-state index contributed by atoms with van der Waals surface area (Å²) in [4.78, 5) is 2.27. The molecule has 0 aliphatic rings. The van der Waals surface area contributed by atoms with Gasteiger partial charge in [-0.1, -0.05) is 12.1 Å². The van der Waals surface area contributed by atoms with Crippen LogP contribution >= 0.6 is 23.5 Å². The Kier molecular flexibility index (Phi) is 4.66. The number of nitrogens with two attached hydrogens (primary N) is 2. The number of thioether (sulfide) groups is 2. The molecule has 4 heteroatoms. The first-order valence-corrected chi connectivity index (χ1v) is 8.43. The van der Waals surface area contributed by atoms with Gasteiger partial charge in [-0.25, -0.2) is 0 Å². The van der Waals surface area contributed by atoms with E-state index in [4.69, 9.17) is 11.5 Å².